The van der Waals surface area contributed by atoms with Gasteiger partial charge in [-0.15, -0.1) is 0 Å². The molecule has 30 heteroatoms. The molecule has 12 N–H and O–H groups in total. The monoisotopic (exact) mass is 1870 g/mol. The van der Waals surface area contributed by atoms with Crippen LogP contribution in [0.1, 0.15) is 194 Å². The van der Waals surface area contributed by atoms with Gasteiger partial charge in [-0.1, -0.05) is 231 Å². The molecule has 0 saturated heterocycles. The maximum absolute atomic E-state index is 16.2. The van der Waals surface area contributed by atoms with Crippen LogP contribution in [0.2, 0.25) is 0 Å². The number of unbranched alkanes of at least 4 members (excludes halogenated alkanes) is 4. The molecule has 12 amide bonds. The van der Waals surface area contributed by atoms with Gasteiger partial charge in [-0.3, -0.25) is 57.5 Å². The first-order valence-corrected chi connectivity index (χ1v) is 48.0. The van der Waals surface area contributed by atoms with Crippen molar-refractivity contribution in [3.63, 3.8) is 0 Å². The first kappa shape index (κ1) is 107. The Morgan fingerprint density at radius 1 is 0.270 bits per heavy atom. The lowest BCUT2D eigenvalue weighted by Crippen LogP contribution is -2.54. The summed E-state index contributed by atoms with van der Waals surface area (Å²) in [6, 6.07) is 65.6. The van der Waals surface area contributed by atoms with E-state index in [-0.39, 0.29) is 58.1 Å². The number of fused-ring (bicyclic) bond motifs is 1. The van der Waals surface area contributed by atoms with Crippen molar-refractivity contribution in [1.29, 1.82) is 0 Å². The zero-order valence-electron chi connectivity index (χ0n) is 80.9. The molecule has 0 radical (unpaired) electrons. The van der Waals surface area contributed by atoms with Crippen molar-refractivity contribution in [2.45, 2.75) is 162 Å². The van der Waals surface area contributed by atoms with Gasteiger partial charge in [-0.05, 0) is 196 Å². The number of amides is 12. The number of aromatic amines is 1. The average Bonchev–Trinajstić information content (AvgIpc) is 1.03. The Kier molecular flexibility index (Phi) is 43.7. The zero-order valence-corrected chi connectivity index (χ0v) is 80.9. The van der Waals surface area contributed by atoms with Crippen molar-refractivity contribution in [3.8, 4) is 0 Å². The molecule has 0 aliphatic heterocycles. The minimum atomic E-state index is -0.862. The number of H-pyrrole nitrogens is 1. The summed E-state index contributed by atoms with van der Waals surface area (Å²) in [5.74, 6) is -7.32. The third kappa shape index (κ3) is 31.9. The Labute approximate surface area is 807 Å². The van der Waals surface area contributed by atoms with Crippen LogP contribution in [-0.2, 0) is 64.0 Å². The van der Waals surface area contributed by atoms with E-state index in [2.05, 4.69) is 10.3 Å². The molecule has 0 saturated carbocycles. The number of benzene rings is 8. The van der Waals surface area contributed by atoms with Crippen LogP contribution >= 0.6 is 0 Å². The molecule has 0 aliphatic carbocycles. The average molecular weight is 1870 g/mol. The quantitative estimate of drug-likeness (QED) is 0.0174. The van der Waals surface area contributed by atoms with Gasteiger partial charge < -0.3 is 92.9 Å². The lowest BCUT2D eigenvalue weighted by atomic mass is 10.0. The number of hydrogen-bond acceptors (Lipinski definition) is 17. The van der Waals surface area contributed by atoms with Crippen LogP contribution in [0.5, 0.6) is 0 Å². The Morgan fingerprint density at radius 2 is 0.504 bits per heavy atom. The number of carbonyl (C=O) groups is 12. The van der Waals surface area contributed by atoms with Crippen LogP contribution in [0.4, 0.5) is 0 Å². The highest BCUT2D eigenvalue weighted by atomic mass is 16.2. The molecule has 0 spiro atoms. The molecule has 1 heterocycles. The number of para-hydroxylation sites is 1. The number of primary amides is 1. The summed E-state index contributed by atoms with van der Waals surface area (Å²) in [5.41, 5.74) is 36.4. The molecule has 0 bridgehead atoms. The highest BCUT2D eigenvalue weighted by molar-refractivity contribution is 5.96. The van der Waals surface area contributed by atoms with Gasteiger partial charge in [0.25, 0.3) is 0 Å². The van der Waals surface area contributed by atoms with Gasteiger partial charge >= 0.3 is 0 Å². The second-order valence-electron chi connectivity index (χ2n) is 35.3. The summed E-state index contributed by atoms with van der Waals surface area (Å²) in [6.45, 7) is 9.94. The van der Waals surface area contributed by atoms with Crippen molar-refractivity contribution in [2.75, 3.05) is 131 Å². The van der Waals surface area contributed by atoms with Gasteiger partial charge in [0.1, 0.15) is 45.8 Å². The molecule has 30 nitrogen and oxygen atoms in total. The molecular weight excluding hydrogens is 1730 g/mol. The third-order valence-electron chi connectivity index (χ3n) is 25.8. The number of nitrogens with two attached hydrogens (primary N) is 5. The van der Waals surface area contributed by atoms with E-state index >= 15 is 43.2 Å². The number of nitrogens with zero attached hydrogens (tertiary/aromatic N) is 11. The number of aromatic nitrogens is 1. The SMILES string of the molecule is CC(Cc1c[nH]c2ccccc12)N(CC(=O)N(CCCCN)CC(=O)N(CC(=O)N(CC(N)=O)[C@@H](C)c1ccccc1)[C@@H](C)c1ccccc1)C(=O)CN(C(=O)CN(CCCCN)C(=O)CN(C(=O)CN(C(=O)CN(CCCCN)C(=O)CN(C(=O)CN(C(=O)CNCCCCN)[C@@H](C)c1ccccc1)[C@@H](C)c1ccccc1)[C@@H](C)c1ccccc1)[C@@H](C)c1ccccc1)[C@@H](C)c1ccccc1. The lowest BCUT2D eigenvalue weighted by molar-refractivity contribution is -0.152. The van der Waals surface area contributed by atoms with E-state index in [1.165, 1.54) is 53.9 Å². The summed E-state index contributed by atoms with van der Waals surface area (Å²) >= 11 is 0. The van der Waals surface area contributed by atoms with E-state index in [1.54, 1.807) is 71.0 Å². The molecule has 0 aliphatic rings. The Bertz CT molecular complexity index is 5300. The summed E-state index contributed by atoms with van der Waals surface area (Å²) in [6.07, 6.45) is 5.92. The molecule has 137 heavy (non-hydrogen) atoms. The number of rotatable bonds is 57. The first-order chi connectivity index (χ1) is 66.1. The summed E-state index contributed by atoms with van der Waals surface area (Å²) < 4.78 is 0. The van der Waals surface area contributed by atoms with Crippen molar-refractivity contribution in [2.24, 2.45) is 28.7 Å². The number of carbonyl (C=O) groups excluding carboxylic acids is 12. The fourth-order valence-corrected chi connectivity index (χ4v) is 17.2. The second kappa shape index (κ2) is 55.7. The van der Waals surface area contributed by atoms with Crippen molar-refractivity contribution in [3.05, 3.63) is 287 Å². The maximum atomic E-state index is 16.2. The van der Waals surface area contributed by atoms with Gasteiger partial charge in [0.15, 0.2) is 0 Å². The minimum Gasteiger partial charge on any atom is -0.368 e. The number of nitrogens with one attached hydrogen (secondary N) is 2. The fraction of sp³-hybridized carbons (Fsp3) is 0.421. The topological polar surface area (TPSA) is 398 Å². The predicted molar refractivity (Wildman–Crippen MR) is 534 cm³/mol. The number of hydrogen-bond donors (Lipinski definition) is 7. The predicted octanol–water partition coefficient (Wildman–Crippen LogP) is 10.6. The van der Waals surface area contributed by atoms with E-state index in [1.807, 2.05) is 227 Å². The summed E-state index contributed by atoms with van der Waals surface area (Å²) in [4.78, 5) is 203. The van der Waals surface area contributed by atoms with Crippen LogP contribution < -0.4 is 34.0 Å². The van der Waals surface area contributed by atoms with Gasteiger partial charge in [-0.25, -0.2) is 0 Å². The molecule has 0 fully saturated rings. The van der Waals surface area contributed by atoms with Crippen molar-refractivity contribution in [1.82, 2.24) is 64.2 Å². The normalized spacial score (nSPS) is 13.0. The minimum absolute atomic E-state index is 0.0105. The molecule has 8 atom stereocenters. The summed E-state index contributed by atoms with van der Waals surface area (Å²) in [5, 5.41) is 4.09. The van der Waals surface area contributed by atoms with Crippen LogP contribution in [0.15, 0.2) is 243 Å². The lowest BCUT2D eigenvalue weighted by Gasteiger charge is -2.38. The van der Waals surface area contributed by atoms with E-state index in [0.29, 0.717) is 79.4 Å². The van der Waals surface area contributed by atoms with E-state index < -0.39 is 185 Å². The van der Waals surface area contributed by atoms with Gasteiger partial charge in [0, 0.05) is 42.8 Å². The standard InChI is InChI=1S/C107H142N18O12/c1-78(64-93-65-114-95-55-31-30-54-94(93)95)118(71-98(128)115(61-37-33-57-109)68-102(132)124(84(7)91-50-26-14-27-51-91)76-105(135)119(67-96(112)126)79(2)86-40-16-9-17-41-86)104(134)74-123(83(6)90-48-24-13-25-49-90)101(131)69-116(62-38-34-58-110)100(130)73-122(82(5)89-46-22-12-23-47-89)107(137)77-125(85(8)92-52-28-15-29-53-92)103(133)70-117(63-39-35-59-111)99(129)72-121(81(4)88-44-20-11-21-45-88)106(136)75-120(80(3)87-42-18-10-19-43-87)97(127)66-113-60-36-32-56-108/h9-31,40-55,65,78-85,113-114H,32-39,56-64,66-77,108-111H2,1-8H3,(H2,112,126)/t78?,79-,80-,81-,82-,83-,84-,85-/m0/s1. The zero-order chi connectivity index (χ0) is 98.9. The molecule has 1 unspecified atom stereocenters. The Hall–Kier alpha value is -13.3. The molecule has 8 aromatic carbocycles. The Balaban J connectivity index is 1.04. The van der Waals surface area contributed by atoms with E-state index in [4.69, 9.17) is 28.7 Å². The fourth-order valence-electron chi connectivity index (χ4n) is 17.2. The first-order valence-electron chi connectivity index (χ1n) is 48.0. The van der Waals surface area contributed by atoms with Gasteiger partial charge in [0.2, 0.25) is 70.9 Å². The molecule has 9 aromatic rings. The highest BCUT2D eigenvalue weighted by Gasteiger charge is 2.40. The molecule has 9 rings (SSSR count). The highest BCUT2D eigenvalue weighted by Crippen LogP contribution is 2.32. The van der Waals surface area contributed by atoms with Crippen LogP contribution in [0, 0.1) is 0 Å². The largest absolute Gasteiger partial charge is 0.368 e. The van der Waals surface area contributed by atoms with Crippen LogP contribution in [0.3, 0.4) is 0 Å². The smallest absolute Gasteiger partial charge is 0.243 e. The maximum Gasteiger partial charge on any atom is 0.243 e. The Morgan fingerprint density at radius 3 is 0.788 bits per heavy atom. The molecular formula is C107H142N18O12. The van der Waals surface area contributed by atoms with Gasteiger partial charge in [0.05, 0.1) is 75.0 Å². The van der Waals surface area contributed by atoms with Crippen molar-refractivity contribution >= 4 is 81.8 Å². The second-order valence-corrected chi connectivity index (χ2v) is 35.3. The van der Waals surface area contributed by atoms with E-state index in [0.717, 1.165) is 40.4 Å². The summed E-state index contributed by atoms with van der Waals surface area (Å²) in [7, 11) is 0. The van der Waals surface area contributed by atoms with E-state index in [9.17, 15) is 14.4 Å². The molecule has 1 aromatic heterocycles. The third-order valence-corrected chi connectivity index (χ3v) is 25.8. The van der Waals surface area contributed by atoms with Crippen LogP contribution in [-0.4, -0.2) is 267 Å². The molecule has 732 valence electrons. The van der Waals surface area contributed by atoms with Crippen molar-refractivity contribution < 1.29 is 57.5 Å². The van der Waals surface area contributed by atoms with Crippen LogP contribution in [0.25, 0.3) is 10.9 Å². The van der Waals surface area contributed by atoms with Gasteiger partial charge in [-0.2, -0.15) is 0 Å².